The van der Waals surface area contributed by atoms with Crippen LogP contribution in [0, 0.1) is 17.8 Å². The lowest BCUT2D eigenvalue weighted by Gasteiger charge is -2.56. The number of carbonyl (C=O) groups is 1. The summed E-state index contributed by atoms with van der Waals surface area (Å²) in [4.78, 5) is 11.6. The Bertz CT molecular complexity index is 279. The highest BCUT2D eigenvalue weighted by atomic mass is 16.5. The third-order valence-corrected chi connectivity index (χ3v) is 4.70. The van der Waals surface area contributed by atoms with Crippen molar-refractivity contribution in [1.82, 2.24) is 10.4 Å². The molecule has 0 saturated heterocycles. The third-order valence-electron chi connectivity index (χ3n) is 4.70. The van der Waals surface area contributed by atoms with Crippen LogP contribution in [0.5, 0.6) is 0 Å². The fourth-order valence-electron chi connectivity index (χ4n) is 4.57. The van der Waals surface area contributed by atoms with Crippen LogP contribution in [0.4, 0.5) is 4.79 Å². The first-order valence-corrected chi connectivity index (χ1v) is 6.31. The van der Waals surface area contributed by atoms with Crippen molar-refractivity contribution < 1.29 is 10.0 Å². The molecule has 2 N–H and O–H groups in total. The molecule has 4 heteroatoms. The first-order valence-electron chi connectivity index (χ1n) is 6.31. The van der Waals surface area contributed by atoms with Crippen molar-refractivity contribution in [2.45, 2.75) is 44.1 Å². The predicted octanol–water partition coefficient (Wildman–Crippen LogP) is 1.99. The van der Waals surface area contributed by atoms with Gasteiger partial charge in [-0.2, -0.15) is 0 Å². The van der Waals surface area contributed by atoms with Gasteiger partial charge in [0.05, 0.1) is 0 Å². The maximum atomic E-state index is 11.6. The zero-order valence-electron chi connectivity index (χ0n) is 9.78. The van der Waals surface area contributed by atoms with Crippen LogP contribution < -0.4 is 5.32 Å². The van der Waals surface area contributed by atoms with Crippen molar-refractivity contribution >= 4 is 6.03 Å². The molecule has 4 nitrogen and oxygen atoms in total. The van der Waals surface area contributed by atoms with Gasteiger partial charge in [0.1, 0.15) is 0 Å². The van der Waals surface area contributed by atoms with Gasteiger partial charge < -0.3 is 5.32 Å². The van der Waals surface area contributed by atoms with E-state index in [0.717, 1.165) is 37.0 Å². The number of nitrogens with zero attached hydrogens (tertiary/aromatic N) is 1. The van der Waals surface area contributed by atoms with Crippen LogP contribution in [-0.4, -0.2) is 28.9 Å². The van der Waals surface area contributed by atoms with E-state index in [1.807, 2.05) is 0 Å². The molecular formula is C12H20N2O2. The molecule has 0 heterocycles. The maximum absolute atomic E-state index is 11.6. The second-order valence-electron chi connectivity index (χ2n) is 6.15. The number of urea groups is 1. The van der Waals surface area contributed by atoms with Gasteiger partial charge in [0, 0.05) is 12.6 Å². The van der Waals surface area contributed by atoms with Gasteiger partial charge in [-0.1, -0.05) is 0 Å². The smallest absolute Gasteiger partial charge is 0.331 e. The highest BCUT2D eigenvalue weighted by Gasteiger charge is 2.51. The summed E-state index contributed by atoms with van der Waals surface area (Å²) in [6.45, 7) is 0. The molecular weight excluding hydrogens is 204 g/mol. The fourth-order valence-corrected chi connectivity index (χ4v) is 4.57. The molecule has 0 radical (unpaired) electrons. The fraction of sp³-hybridized carbons (Fsp3) is 0.917. The molecule has 0 aromatic rings. The van der Waals surface area contributed by atoms with Crippen molar-refractivity contribution in [2.24, 2.45) is 17.8 Å². The summed E-state index contributed by atoms with van der Waals surface area (Å²) >= 11 is 0. The van der Waals surface area contributed by atoms with Gasteiger partial charge in [-0.25, -0.2) is 9.86 Å². The average molecular weight is 224 g/mol. The lowest BCUT2D eigenvalue weighted by Crippen LogP contribution is -2.61. The number of rotatable bonds is 1. The number of hydrogen-bond acceptors (Lipinski definition) is 2. The number of hydroxylamine groups is 2. The quantitative estimate of drug-likeness (QED) is 0.528. The van der Waals surface area contributed by atoms with Gasteiger partial charge in [0.15, 0.2) is 0 Å². The Hall–Kier alpha value is -0.770. The minimum atomic E-state index is -0.345. The van der Waals surface area contributed by atoms with Gasteiger partial charge in [0.2, 0.25) is 0 Å². The minimum absolute atomic E-state index is 0.00280. The van der Waals surface area contributed by atoms with Crippen LogP contribution in [-0.2, 0) is 0 Å². The number of hydrogen-bond donors (Lipinski definition) is 2. The maximum Gasteiger partial charge on any atom is 0.341 e. The van der Waals surface area contributed by atoms with E-state index in [1.54, 1.807) is 0 Å². The molecule has 2 amide bonds. The van der Waals surface area contributed by atoms with Crippen LogP contribution in [0.2, 0.25) is 0 Å². The van der Waals surface area contributed by atoms with Crippen molar-refractivity contribution in [3.8, 4) is 0 Å². The Morgan fingerprint density at radius 3 is 2.00 bits per heavy atom. The Morgan fingerprint density at radius 1 is 1.19 bits per heavy atom. The molecule has 4 aliphatic carbocycles. The normalized spacial score (nSPS) is 44.5. The first kappa shape index (κ1) is 10.4. The second-order valence-corrected chi connectivity index (χ2v) is 6.15. The van der Waals surface area contributed by atoms with E-state index < -0.39 is 0 Å². The van der Waals surface area contributed by atoms with Crippen molar-refractivity contribution in [3.63, 3.8) is 0 Å². The summed E-state index contributed by atoms with van der Waals surface area (Å²) in [6, 6.07) is -0.345. The summed E-state index contributed by atoms with van der Waals surface area (Å²) in [6.07, 6.45) is 7.47. The lowest BCUT2D eigenvalue weighted by molar-refractivity contribution is -0.0445. The molecule has 4 aliphatic rings. The molecule has 4 bridgehead atoms. The van der Waals surface area contributed by atoms with Gasteiger partial charge >= 0.3 is 6.03 Å². The second kappa shape index (κ2) is 3.36. The lowest BCUT2D eigenvalue weighted by atomic mass is 9.53. The number of carbonyl (C=O) groups excluding carboxylic acids is 1. The zero-order valence-corrected chi connectivity index (χ0v) is 9.78. The summed E-state index contributed by atoms with van der Waals surface area (Å²) in [5.41, 5.74) is 0.00280. The average Bonchev–Trinajstić information content (AvgIpc) is 2.13. The molecule has 0 aliphatic heterocycles. The summed E-state index contributed by atoms with van der Waals surface area (Å²) in [5.74, 6) is 2.45. The standard InChI is InChI=1S/C12H20N2O2/c1-14(16)11(15)13-12-5-8-2-9(6-12)4-10(3-8)7-12/h8-10,16H,2-7H2,1H3,(H,13,15). The number of amides is 2. The highest BCUT2D eigenvalue weighted by Crippen LogP contribution is 2.55. The highest BCUT2D eigenvalue weighted by molar-refractivity contribution is 5.73. The van der Waals surface area contributed by atoms with E-state index in [2.05, 4.69) is 5.32 Å². The SMILES string of the molecule is CN(O)C(=O)NC12CC3CC(CC(C3)C1)C2. The Kier molecular flexibility index (Phi) is 2.18. The molecule has 0 spiro atoms. The van der Waals surface area contributed by atoms with E-state index >= 15 is 0 Å². The van der Waals surface area contributed by atoms with Gasteiger partial charge in [-0.15, -0.1) is 0 Å². The minimum Gasteiger partial charge on any atom is -0.331 e. The third kappa shape index (κ3) is 1.59. The van der Waals surface area contributed by atoms with Crippen LogP contribution in [0.3, 0.4) is 0 Å². The topological polar surface area (TPSA) is 52.6 Å². The van der Waals surface area contributed by atoms with Crippen molar-refractivity contribution in [1.29, 1.82) is 0 Å². The van der Waals surface area contributed by atoms with Crippen molar-refractivity contribution in [3.05, 3.63) is 0 Å². The molecule has 0 aromatic heterocycles. The van der Waals surface area contributed by atoms with E-state index in [1.165, 1.54) is 26.3 Å². The molecule has 4 rings (SSSR count). The van der Waals surface area contributed by atoms with Crippen molar-refractivity contribution in [2.75, 3.05) is 7.05 Å². The summed E-state index contributed by atoms with van der Waals surface area (Å²) in [5, 5.41) is 12.9. The van der Waals surface area contributed by atoms with Gasteiger partial charge in [0.25, 0.3) is 0 Å². The van der Waals surface area contributed by atoms with E-state index in [4.69, 9.17) is 5.21 Å². The molecule has 0 unspecified atom stereocenters. The summed E-state index contributed by atoms with van der Waals surface area (Å²) in [7, 11) is 1.38. The Balaban J connectivity index is 1.76. The Labute approximate surface area is 96.0 Å². The largest absolute Gasteiger partial charge is 0.341 e. The monoisotopic (exact) mass is 224 g/mol. The van der Waals surface area contributed by atoms with Crippen LogP contribution in [0.25, 0.3) is 0 Å². The molecule has 90 valence electrons. The molecule has 4 saturated carbocycles. The molecule has 0 atom stereocenters. The Morgan fingerprint density at radius 2 is 1.62 bits per heavy atom. The van der Waals surface area contributed by atoms with E-state index in [-0.39, 0.29) is 11.6 Å². The van der Waals surface area contributed by atoms with E-state index in [9.17, 15) is 4.79 Å². The van der Waals surface area contributed by atoms with Crippen LogP contribution in [0.1, 0.15) is 38.5 Å². The molecule has 4 fully saturated rings. The predicted molar refractivity (Wildman–Crippen MR) is 59.0 cm³/mol. The van der Waals surface area contributed by atoms with Crippen LogP contribution >= 0.6 is 0 Å². The van der Waals surface area contributed by atoms with Gasteiger partial charge in [-0.3, -0.25) is 5.21 Å². The summed E-state index contributed by atoms with van der Waals surface area (Å²) < 4.78 is 0. The molecule has 0 aromatic carbocycles. The number of nitrogens with one attached hydrogen (secondary N) is 1. The van der Waals surface area contributed by atoms with Gasteiger partial charge in [-0.05, 0) is 56.3 Å². The van der Waals surface area contributed by atoms with E-state index in [0.29, 0.717) is 5.06 Å². The first-order chi connectivity index (χ1) is 7.56. The molecule has 16 heavy (non-hydrogen) atoms. The zero-order chi connectivity index (χ0) is 11.3. The van der Waals surface area contributed by atoms with Crippen LogP contribution in [0.15, 0.2) is 0 Å².